The Hall–Kier alpha value is -1.95. The third kappa shape index (κ3) is 2.26. The molecule has 0 amide bonds. The number of nitrogens with zero attached hydrogens (tertiary/aromatic N) is 3. The van der Waals surface area contributed by atoms with Crippen molar-refractivity contribution in [2.24, 2.45) is 0 Å². The van der Waals surface area contributed by atoms with Gasteiger partial charge in [0.15, 0.2) is 5.69 Å². The van der Waals surface area contributed by atoms with Crippen LogP contribution in [0.15, 0.2) is 24.4 Å². The molecule has 2 rings (SSSR count). The highest BCUT2D eigenvalue weighted by molar-refractivity contribution is 6.32. The highest BCUT2D eigenvalue weighted by Crippen LogP contribution is 2.20. The van der Waals surface area contributed by atoms with Gasteiger partial charge in [-0.15, -0.1) is 5.10 Å². The van der Waals surface area contributed by atoms with Crippen LogP contribution in [0.2, 0.25) is 5.02 Å². The number of rotatable bonds is 2. The van der Waals surface area contributed by atoms with Gasteiger partial charge in [-0.1, -0.05) is 16.8 Å². The number of hydrogen-bond acceptors (Lipinski definition) is 4. The molecule has 0 saturated heterocycles. The lowest BCUT2D eigenvalue weighted by Gasteiger charge is -2.02. The second-order valence-electron chi connectivity index (χ2n) is 3.14. The molecule has 0 atom stereocenters. The zero-order chi connectivity index (χ0) is 12.4. The standard InChI is InChI=1S/C10H7ClFN3O2/c1-17-10(16)8-5-15(14-13-8)9-4-6(12)2-3-7(9)11/h2-5H,1H3. The van der Waals surface area contributed by atoms with Crippen LogP contribution >= 0.6 is 11.6 Å². The molecule has 2 aromatic rings. The molecule has 7 heteroatoms. The lowest BCUT2D eigenvalue weighted by molar-refractivity contribution is 0.0594. The average Bonchev–Trinajstić information content (AvgIpc) is 2.80. The molecule has 0 aliphatic rings. The van der Waals surface area contributed by atoms with Gasteiger partial charge < -0.3 is 4.74 Å². The number of methoxy groups -OCH3 is 1. The summed E-state index contributed by atoms with van der Waals surface area (Å²) in [5, 5.41) is 7.56. The molecule has 0 radical (unpaired) electrons. The third-order valence-corrected chi connectivity index (χ3v) is 2.36. The number of carbonyl (C=O) groups excluding carboxylic acids is 1. The molecule has 5 nitrogen and oxygen atoms in total. The molecule has 1 aromatic heterocycles. The molecule has 0 saturated carbocycles. The Morgan fingerprint density at radius 1 is 1.53 bits per heavy atom. The summed E-state index contributed by atoms with van der Waals surface area (Å²) in [6, 6.07) is 3.81. The van der Waals surface area contributed by atoms with Gasteiger partial charge in [0, 0.05) is 6.07 Å². The molecular formula is C10H7ClFN3O2. The van der Waals surface area contributed by atoms with Crippen LogP contribution in [0.1, 0.15) is 10.5 Å². The van der Waals surface area contributed by atoms with E-state index in [0.29, 0.717) is 10.7 Å². The van der Waals surface area contributed by atoms with E-state index in [0.717, 1.165) is 0 Å². The highest BCUT2D eigenvalue weighted by Gasteiger charge is 2.13. The number of benzene rings is 1. The Morgan fingerprint density at radius 3 is 3.00 bits per heavy atom. The minimum absolute atomic E-state index is 0.0211. The van der Waals surface area contributed by atoms with Crippen LogP contribution in [-0.4, -0.2) is 28.1 Å². The number of ether oxygens (including phenoxy) is 1. The minimum atomic E-state index is -0.622. The topological polar surface area (TPSA) is 57.0 Å². The molecule has 0 bridgehead atoms. The van der Waals surface area contributed by atoms with Gasteiger partial charge in [0.2, 0.25) is 0 Å². The van der Waals surface area contributed by atoms with Crippen LogP contribution in [0.5, 0.6) is 0 Å². The van der Waals surface area contributed by atoms with Crippen LogP contribution in [0.4, 0.5) is 4.39 Å². The Morgan fingerprint density at radius 2 is 2.29 bits per heavy atom. The van der Waals surface area contributed by atoms with Crippen molar-refractivity contribution in [3.63, 3.8) is 0 Å². The van der Waals surface area contributed by atoms with Crippen molar-refractivity contribution in [1.82, 2.24) is 15.0 Å². The largest absolute Gasteiger partial charge is 0.464 e. The van der Waals surface area contributed by atoms with Gasteiger partial charge in [-0.05, 0) is 12.1 Å². The first-order valence-electron chi connectivity index (χ1n) is 4.58. The Kier molecular flexibility index (Phi) is 3.06. The summed E-state index contributed by atoms with van der Waals surface area (Å²) in [5.74, 6) is -1.08. The summed E-state index contributed by atoms with van der Waals surface area (Å²) in [5.41, 5.74) is 0.321. The molecule has 1 heterocycles. The van der Waals surface area contributed by atoms with Crippen molar-refractivity contribution in [3.05, 3.63) is 40.9 Å². The first-order valence-corrected chi connectivity index (χ1v) is 4.95. The van der Waals surface area contributed by atoms with Crippen molar-refractivity contribution >= 4 is 17.6 Å². The van der Waals surface area contributed by atoms with Crippen molar-refractivity contribution in [1.29, 1.82) is 0 Å². The van der Waals surface area contributed by atoms with Crippen LogP contribution in [0.3, 0.4) is 0 Å². The fourth-order valence-corrected chi connectivity index (χ4v) is 1.45. The molecule has 0 aliphatic heterocycles. The quantitative estimate of drug-likeness (QED) is 0.769. The second kappa shape index (κ2) is 4.50. The van der Waals surface area contributed by atoms with Gasteiger partial charge >= 0.3 is 5.97 Å². The summed E-state index contributed by atoms with van der Waals surface area (Å²) >= 11 is 5.88. The van der Waals surface area contributed by atoms with Gasteiger partial charge in [-0.25, -0.2) is 13.9 Å². The first-order chi connectivity index (χ1) is 8.11. The van der Waals surface area contributed by atoms with Crippen molar-refractivity contribution in [3.8, 4) is 5.69 Å². The number of hydrogen-bond donors (Lipinski definition) is 0. The molecule has 17 heavy (non-hydrogen) atoms. The maximum atomic E-state index is 13.1. The van der Waals surface area contributed by atoms with E-state index in [4.69, 9.17) is 11.6 Å². The van der Waals surface area contributed by atoms with E-state index in [9.17, 15) is 9.18 Å². The summed E-state index contributed by atoms with van der Waals surface area (Å²) < 4.78 is 18.7. The summed E-state index contributed by atoms with van der Waals surface area (Å²) in [7, 11) is 1.23. The van der Waals surface area contributed by atoms with E-state index in [2.05, 4.69) is 15.0 Å². The van der Waals surface area contributed by atoms with Gasteiger partial charge in [-0.3, -0.25) is 0 Å². The Labute approximate surface area is 101 Å². The molecule has 0 spiro atoms. The van der Waals surface area contributed by atoms with Gasteiger partial charge in [0.05, 0.1) is 24.0 Å². The molecule has 0 aliphatic carbocycles. The third-order valence-electron chi connectivity index (χ3n) is 2.04. The molecular weight excluding hydrogens is 249 g/mol. The second-order valence-corrected chi connectivity index (χ2v) is 3.54. The summed E-state index contributed by atoms with van der Waals surface area (Å²) in [6.45, 7) is 0. The van der Waals surface area contributed by atoms with Crippen molar-refractivity contribution in [2.45, 2.75) is 0 Å². The maximum Gasteiger partial charge on any atom is 0.360 e. The lowest BCUT2D eigenvalue weighted by atomic mass is 10.3. The van der Waals surface area contributed by atoms with Crippen LogP contribution in [0.25, 0.3) is 5.69 Å². The molecule has 0 N–H and O–H groups in total. The monoisotopic (exact) mass is 255 g/mol. The molecule has 1 aromatic carbocycles. The minimum Gasteiger partial charge on any atom is -0.464 e. The van der Waals surface area contributed by atoms with Crippen LogP contribution < -0.4 is 0 Å². The van der Waals surface area contributed by atoms with Crippen molar-refractivity contribution in [2.75, 3.05) is 7.11 Å². The smallest absolute Gasteiger partial charge is 0.360 e. The first kappa shape index (κ1) is 11.5. The number of aromatic nitrogens is 3. The number of halogens is 2. The maximum absolute atomic E-state index is 13.1. The SMILES string of the molecule is COC(=O)c1cn(-c2cc(F)ccc2Cl)nn1. The van der Waals surface area contributed by atoms with E-state index in [1.165, 1.54) is 36.2 Å². The summed E-state index contributed by atoms with van der Waals surface area (Å²) in [4.78, 5) is 11.2. The van der Waals surface area contributed by atoms with E-state index >= 15 is 0 Å². The molecule has 0 unspecified atom stereocenters. The van der Waals surface area contributed by atoms with E-state index in [1.807, 2.05) is 0 Å². The summed E-state index contributed by atoms with van der Waals surface area (Å²) in [6.07, 6.45) is 1.31. The lowest BCUT2D eigenvalue weighted by Crippen LogP contribution is -2.01. The van der Waals surface area contributed by atoms with Gasteiger partial charge in [0.1, 0.15) is 5.82 Å². The number of carbonyl (C=O) groups is 1. The van der Waals surface area contributed by atoms with Crippen LogP contribution in [0, 0.1) is 5.82 Å². The van der Waals surface area contributed by atoms with E-state index in [-0.39, 0.29) is 5.69 Å². The van der Waals surface area contributed by atoms with Crippen LogP contribution in [-0.2, 0) is 4.74 Å². The predicted molar refractivity (Wildman–Crippen MR) is 57.7 cm³/mol. The molecule has 0 fully saturated rings. The Balaban J connectivity index is 2.43. The zero-order valence-corrected chi connectivity index (χ0v) is 9.48. The fraction of sp³-hybridized carbons (Fsp3) is 0.100. The highest BCUT2D eigenvalue weighted by atomic mass is 35.5. The van der Waals surface area contributed by atoms with Gasteiger partial charge in [0.25, 0.3) is 0 Å². The Bertz CT molecular complexity index is 570. The predicted octanol–water partition coefficient (Wildman–Crippen LogP) is 1.85. The average molecular weight is 256 g/mol. The molecule has 88 valence electrons. The van der Waals surface area contributed by atoms with E-state index < -0.39 is 11.8 Å². The zero-order valence-electron chi connectivity index (χ0n) is 8.72. The number of esters is 1. The van der Waals surface area contributed by atoms with Gasteiger partial charge in [-0.2, -0.15) is 0 Å². The van der Waals surface area contributed by atoms with Crippen molar-refractivity contribution < 1.29 is 13.9 Å². The normalized spacial score (nSPS) is 10.3. The fourth-order valence-electron chi connectivity index (χ4n) is 1.24. The van der Waals surface area contributed by atoms with E-state index in [1.54, 1.807) is 0 Å².